The van der Waals surface area contributed by atoms with Gasteiger partial charge in [-0.15, -0.1) is 0 Å². The molecule has 0 bridgehead atoms. The maximum absolute atomic E-state index is 12.3. The third kappa shape index (κ3) is 4.93. The van der Waals surface area contributed by atoms with Crippen LogP contribution in [0.2, 0.25) is 0 Å². The summed E-state index contributed by atoms with van der Waals surface area (Å²) in [5, 5.41) is 0. The number of aryl methyl sites for hydroxylation is 1. The van der Waals surface area contributed by atoms with Crippen molar-refractivity contribution in [3.63, 3.8) is 0 Å². The van der Waals surface area contributed by atoms with E-state index in [9.17, 15) is 4.79 Å². The predicted molar refractivity (Wildman–Crippen MR) is 102 cm³/mol. The van der Waals surface area contributed by atoms with Gasteiger partial charge in [-0.25, -0.2) is 0 Å². The predicted octanol–water partition coefficient (Wildman–Crippen LogP) is 3.61. The van der Waals surface area contributed by atoms with Crippen LogP contribution in [0.1, 0.15) is 17.5 Å². The highest BCUT2D eigenvalue weighted by Crippen LogP contribution is 2.12. The lowest BCUT2D eigenvalue weighted by Gasteiger charge is -2.07. The zero-order valence-electron chi connectivity index (χ0n) is 14.8. The molecule has 0 saturated heterocycles. The van der Waals surface area contributed by atoms with Crippen LogP contribution in [-0.2, 0) is 17.8 Å². The first-order chi connectivity index (χ1) is 12.7. The second-order valence-electron chi connectivity index (χ2n) is 6.03. The van der Waals surface area contributed by atoms with Gasteiger partial charge in [-0.05, 0) is 41.8 Å². The molecule has 4 heteroatoms. The van der Waals surface area contributed by atoms with Crippen molar-refractivity contribution < 1.29 is 9.53 Å². The number of benzene rings is 2. The molecule has 3 aromatic rings. The van der Waals surface area contributed by atoms with Crippen LogP contribution in [0.15, 0.2) is 84.0 Å². The van der Waals surface area contributed by atoms with Gasteiger partial charge >= 0.3 is 0 Å². The molecule has 132 valence electrons. The van der Waals surface area contributed by atoms with Crippen LogP contribution >= 0.6 is 0 Å². The highest BCUT2D eigenvalue weighted by atomic mass is 16.5. The highest BCUT2D eigenvalue weighted by molar-refractivity contribution is 5.77. The Kier molecular flexibility index (Phi) is 5.99. The molecule has 0 radical (unpaired) electrons. The number of pyridine rings is 1. The lowest BCUT2D eigenvalue weighted by atomic mass is 10.1. The van der Waals surface area contributed by atoms with Crippen LogP contribution < -0.4 is 10.2 Å². The minimum atomic E-state index is -0.117. The molecule has 0 fully saturated rings. The normalized spacial score (nSPS) is 11.3. The van der Waals surface area contributed by atoms with E-state index in [-0.39, 0.29) is 5.91 Å². The summed E-state index contributed by atoms with van der Waals surface area (Å²) >= 11 is 0. The summed E-state index contributed by atoms with van der Waals surface area (Å²) in [5.41, 5.74) is 2.95. The molecule has 0 N–H and O–H groups in total. The Morgan fingerprint density at radius 1 is 0.923 bits per heavy atom. The Labute approximate surface area is 153 Å². The van der Waals surface area contributed by atoms with Crippen molar-refractivity contribution in [3.8, 4) is 5.75 Å². The molecule has 1 heterocycles. The molecular formula is C22H22N2O2. The molecule has 0 aliphatic heterocycles. The Balaban J connectivity index is 1.69. The summed E-state index contributed by atoms with van der Waals surface area (Å²) < 4.78 is 7.13. The lowest BCUT2D eigenvalue weighted by molar-refractivity contribution is -0.118. The van der Waals surface area contributed by atoms with Crippen molar-refractivity contribution in [1.29, 1.82) is 0 Å². The summed E-state index contributed by atoms with van der Waals surface area (Å²) in [6, 6.07) is 23.6. The van der Waals surface area contributed by atoms with Crippen LogP contribution in [0.3, 0.4) is 0 Å². The Morgan fingerprint density at radius 3 is 2.38 bits per heavy atom. The Bertz CT molecular complexity index is 913. The van der Waals surface area contributed by atoms with Crippen molar-refractivity contribution in [2.75, 3.05) is 7.11 Å². The molecule has 1 amide bonds. The van der Waals surface area contributed by atoms with Crippen LogP contribution in [0.25, 0.3) is 0 Å². The first kappa shape index (κ1) is 17.7. The lowest BCUT2D eigenvalue weighted by Crippen LogP contribution is -2.22. The number of methoxy groups -OCH3 is 1. The van der Waals surface area contributed by atoms with Crippen molar-refractivity contribution in [3.05, 3.63) is 95.6 Å². The van der Waals surface area contributed by atoms with Gasteiger partial charge in [-0.3, -0.25) is 4.79 Å². The molecule has 0 atom stereocenters. The largest absolute Gasteiger partial charge is 0.497 e. The zero-order valence-corrected chi connectivity index (χ0v) is 14.8. The molecular weight excluding hydrogens is 324 g/mol. The molecule has 4 nitrogen and oxygen atoms in total. The second-order valence-corrected chi connectivity index (χ2v) is 6.03. The van der Waals surface area contributed by atoms with Crippen molar-refractivity contribution in [1.82, 2.24) is 4.57 Å². The van der Waals surface area contributed by atoms with E-state index in [4.69, 9.17) is 4.74 Å². The van der Waals surface area contributed by atoms with E-state index >= 15 is 0 Å². The molecule has 0 spiro atoms. The monoisotopic (exact) mass is 346 g/mol. The fourth-order valence-electron chi connectivity index (χ4n) is 2.71. The number of carbonyl (C=O) groups excluding carboxylic acids is 1. The number of rotatable bonds is 6. The standard InChI is InChI=1S/C22H22N2O2/c1-26-20-13-10-18(11-14-20)12-15-22(25)23-21-9-5-6-16-24(21)17-19-7-3-2-4-8-19/h2-11,13-14,16H,12,15,17H2,1H3. The highest BCUT2D eigenvalue weighted by Gasteiger charge is 2.03. The van der Waals surface area contributed by atoms with E-state index in [1.54, 1.807) is 7.11 Å². The first-order valence-electron chi connectivity index (χ1n) is 8.64. The number of ether oxygens (including phenoxy) is 1. The van der Waals surface area contributed by atoms with Gasteiger partial charge in [0, 0.05) is 19.2 Å². The summed E-state index contributed by atoms with van der Waals surface area (Å²) in [6.07, 6.45) is 2.99. The van der Waals surface area contributed by atoms with Gasteiger partial charge in [0.2, 0.25) is 5.91 Å². The third-order valence-corrected chi connectivity index (χ3v) is 4.14. The summed E-state index contributed by atoms with van der Waals surface area (Å²) in [4.78, 5) is 16.6. The molecule has 0 unspecified atom stereocenters. The molecule has 2 aromatic carbocycles. The number of hydrogen-bond acceptors (Lipinski definition) is 2. The zero-order chi connectivity index (χ0) is 18.2. The van der Waals surface area contributed by atoms with E-state index in [1.807, 2.05) is 71.4 Å². The van der Waals surface area contributed by atoms with E-state index in [0.717, 1.165) is 11.3 Å². The van der Waals surface area contributed by atoms with Crippen molar-refractivity contribution >= 4 is 5.91 Å². The maximum atomic E-state index is 12.3. The minimum Gasteiger partial charge on any atom is -0.497 e. The van der Waals surface area contributed by atoms with E-state index in [1.165, 1.54) is 5.56 Å². The number of aromatic nitrogens is 1. The van der Waals surface area contributed by atoms with Gasteiger partial charge in [0.25, 0.3) is 0 Å². The number of carbonyl (C=O) groups is 1. The Hall–Kier alpha value is -3.14. The van der Waals surface area contributed by atoms with E-state index in [0.29, 0.717) is 24.9 Å². The van der Waals surface area contributed by atoms with Crippen LogP contribution in [0.5, 0.6) is 5.75 Å². The minimum absolute atomic E-state index is 0.117. The molecule has 26 heavy (non-hydrogen) atoms. The van der Waals surface area contributed by atoms with Gasteiger partial charge < -0.3 is 9.30 Å². The van der Waals surface area contributed by atoms with Crippen LogP contribution in [-0.4, -0.2) is 17.6 Å². The average molecular weight is 346 g/mol. The molecule has 3 rings (SSSR count). The first-order valence-corrected chi connectivity index (χ1v) is 8.64. The van der Waals surface area contributed by atoms with Gasteiger partial charge in [0.05, 0.1) is 7.11 Å². The summed E-state index contributed by atoms with van der Waals surface area (Å²) in [5.74, 6) is 0.699. The second kappa shape index (κ2) is 8.81. The SMILES string of the molecule is COc1ccc(CCC(=O)N=c2ccccn2Cc2ccccc2)cc1. The topological polar surface area (TPSA) is 43.6 Å². The third-order valence-electron chi connectivity index (χ3n) is 4.14. The molecule has 0 aliphatic carbocycles. The number of hydrogen-bond donors (Lipinski definition) is 0. The van der Waals surface area contributed by atoms with Gasteiger partial charge in [-0.2, -0.15) is 4.99 Å². The summed E-state index contributed by atoms with van der Waals surface area (Å²) in [6.45, 7) is 0.687. The van der Waals surface area contributed by atoms with Crippen LogP contribution in [0.4, 0.5) is 0 Å². The Morgan fingerprint density at radius 2 is 1.65 bits per heavy atom. The fourth-order valence-corrected chi connectivity index (χ4v) is 2.71. The van der Waals surface area contributed by atoms with Gasteiger partial charge in [0.15, 0.2) is 0 Å². The van der Waals surface area contributed by atoms with Gasteiger partial charge in [0.1, 0.15) is 11.2 Å². The quantitative estimate of drug-likeness (QED) is 0.684. The summed E-state index contributed by atoms with van der Waals surface area (Å²) in [7, 11) is 1.64. The number of nitrogens with zero attached hydrogens (tertiary/aromatic N) is 2. The average Bonchev–Trinajstić information content (AvgIpc) is 2.69. The molecule has 1 aromatic heterocycles. The van der Waals surface area contributed by atoms with Gasteiger partial charge in [-0.1, -0.05) is 48.5 Å². The smallest absolute Gasteiger partial charge is 0.247 e. The fraction of sp³-hybridized carbons (Fsp3) is 0.182. The van der Waals surface area contributed by atoms with Crippen molar-refractivity contribution in [2.24, 2.45) is 4.99 Å². The van der Waals surface area contributed by atoms with E-state index < -0.39 is 0 Å². The molecule has 0 saturated carbocycles. The molecule has 0 aliphatic rings. The van der Waals surface area contributed by atoms with Crippen molar-refractivity contribution in [2.45, 2.75) is 19.4 Å². The van der Waals surface area contributed by atoms with Crippen LogP contribution in [0, 0.1) is 0 Å². The van der Waals surface area contributed by atoms with E-state index in [2.05, 4.69) is 17.1 Å². The maximum Gasteiger partial charge on any atom is 0.247 e. The number of amides is 1.